The molecule has 0 amide bonds. The predicted octanol–water partition coefficient (Wildman–Crippen LogP) is 1.23. The molecule has 0 bridgehead atoms. The number of rotatable bonds is 3. The van der Waals surface area contributed by atoms with Crippen LogP contribution < -0.4 is 0 Å². The first-order valence-electron chi connectivity index (χ1n) is 3.28. The zero-order valence-corrected chi connectivity index (χ0v) is 6.60. The van der Waals surface area contributed by atoms with Crippen LogP contribution in [0.4, 0.5) is 0 Å². The van der Waals surface area contributed by atoms with Crippen molar-refractivity contribution in [3.8, 4) is 0 Å². The molecule has 0 aromatic rings. The minimum Gasteiger partial charge on any atom is -0.469 e. The maximum Gasteiger partial charge on any atom is 0.314 e. The molecule has 10 heavy (non-hydrogen) atoms. The summed E-state index contributed by atoms with van der Waals surface area (Å²) in [5.74, 6) is -0.707. The van der Waals surface area contributed by atoms with Gasteiger partial charge in [0.1, 0.15) is 0 Å². The van der Waals surface area contributed by atoms with Crippen LogP contribution in [-0.2, 0) is 9.53 Å². The van der Waals surface area contributed by atoms with Gasteiger partial charge >= 0.3 is 5.97 Å². The fourth-order valence-corrected chi connectivity index (χ4v) is 0.625. The van der Waals surface area contributed by atoms with Crippen LogP contribution in [0.15, 0.2) is 0 Å². The maximum absolute atomic E-state index is 10.7. The first kappa shape index (κ1) is 9.14. The summed E-state index contributed by atoms with van der Waals surface area (Å²) in [5.41, 5.74) is 0.423. The van der Waals surface area contributed by atoms with Gasteiger partial charge in [0, 0.05) is 5.71 Å². The van der Waals surface area contributed by atoms with Crippen LogP contribution >= 0.6 is 0 Å². The van der Waals surface area contributed by atoms with Gasteiger partial charge in [-0.05, 0) is 13.3 Å². The van der Waals surface area contributed by atoms with Gasteiger partial charge in [-0.15, -0.1) is 0 Å². The van der Waals surface area contributed by atoms with Gasteiger partial charge in [-0.3, -0.25) is 4.79 Å². The molecular formula is C7H13NO2. The first-order chi connectivity index (χ1) is 4.63. The number of nitrogens with one attached hydrogen (secondary N) is 1. The normalized spacial score (nSPS) is 12.3. The van der Waals surface area contributed by atoms with E-state index >= 15 is 0 Å². The molecule has 0 heterocycles. The van der Waals surface area contributed by atoms with Gasteiger partial charge < -0.3 is 10.1 Å². The largest absolute Gasteiger partial charge is 0.469 e. The third-order valence-electron chi connectivity index (χ3n) is 1.46. The van der Waals surface area contributed by atoms with Crippen LogP contribution in [0.2, 0.25) is 0 Å². The van der Waals surface area contributed by atoms with Gasteiger partial charge in [0.2, 0.25) is 0 Å². The summed E-state index contributed by atoms with van der Waals surface area (Å²) in [4.78, 5) is 10.7. The predicted molar refractivity (Wildman–Crippen MR) is 39.2 cm³/mol. The molecule has 1 unspecified atom stereocenters. The molecule has 0 saturated heterocycles. The zero-order valence-electron chi connectivity index (χ0n) is 6.60. The second kappa shape index (κ2) is 4.04. The topological polar surface area (TPSA) is 50.2 Å². The van der Waals surface area contributed by atoms with Crippen molar-refractivity contribution in [1.82, 2.24) is 0 Å². The Hall–Kier alpha value is -0.860. The smallest absolute Gasteiger partial charge is 0.314 e. The minimum absolute atomic E-state index is 0.327. The van der Waals surface area contributed by atoms with Crippen molar-refractivity contribution >= 4 is 11.7 Å². The van der Waals surface area contributed by atoms with Crippen molar-refractivity contribution in [2.75, 3.05) is 7.11 Å². The van der Waals surface area contributed by atoms with E-state index in [0.29, 0.717) is 12.1 Å². The highest BCUT2D eigenvalue weighted by Crippen LogP contribution is 2.02. The van der Waals surface area contributed by atoms with Crippen LogP contribution in [-0.4, -0.2) is 18.8 Å². The lowest BCUT2D eigenvalue weighted by atomic mass is 10.0. The molecule has 58 valence electrons. The molecule has 0 aromatic heterocycles. The Kier molecular flexibility index (Phi) is 3.69. The number of carbonyl (C=O) groups excluding carboxylic acids is 1. The van der Waals surface area contributed by atoms with Crippen molar-refractivity contribution in [2.24, 2.45) is 5.92 Å². The minimum atomic E-state index is -0.380. The van der Waals surface area contributed by atoms with E-state index in [0.717, 1.165) is 0 Å². The lowest BCUT2D eigenvalue weighted by Gasteiger charge is -2.07. The number of hydrogen-bond acceptors (Lipinski definition) is 3. The molecule has 0 radical (unpaired) electrons. The number of carbonyl (C=O) groups is 1. The highest BCUT2D eigenvalue weighted by Gasteiger charge is 2.16. The van der Waals surface area contributed by atoms with Crippen LogP contribution in [0.5, 0.6) is 0 Å². The monoisotopic (exact) mass is 143 g/mol. The van der Waals surface area contributed by atoms with E-state index in [-0.39, 0.29) is 11.9 Å². The Balaban J connectivity index is 3.94. The van der Waals surface area contributed by atoms with E-state index in [2.05, 4.69) is 4.74 Å². The van der Waals surface area contributed by atoms with E-state index in [1.807, 2.05) is 6.92 Å². The molecule has 0 aliphatic carbocycles. The standard InChI is InChI=1S/C7H13NO2/c1-4-6(8)5(2)7(9)10-3/h5,8H,4H2,1-3H3. The molecule has 0 aliphatic rings. The third-order valence-corrected chi connectivity index (χ3v) is 1.46. The maximum atomic E-state index is 10.7. The van der Waals surface area contributed by atoms with Crippen molar-refractivity contribution in [3.63, 3.8) is 0 Å². The third kappa shape index (κ3) is 2.17. The van der Waals surface area contributed by atoms with Crippen molar-refractivity contribution in [2.45, 2.75) is 20.3 Å². The van der Waals surface area contributed by atoms with Crippen molar-refractivity contribution in [3.05, 3.63) is 0 Å². The van der Waals surface area contributed by atoms with E-state index in [1.165, 1.54) is 7.11 Å². The number of hydrogen-bond donors (Lipinski definition) is 1. The molecular weight excluding hydrogens is 130 g/mol. The van der Waals surface area contributed by atoms with Gasteiger partial charge in [-0.1, -0.05) is 6.92 Å². The van der Waals surface area contributed by atoms with E-state index in [1.54, 1.807) is 6.92 Å². The molecule has 0 aromatic carbocycles. The van der Waals surface area contributed by atoms with Crippen LogP contribution in [0.1, 0.15) is 20.3 Å². The average Bonchev–Trinajstić information content (AvgIpc) is 2.00. The Labute approximate surface area is 60.9 Å². The summed E-state index contributed by atoms with van der Waals surface area (Å²) in [5, 5.41) is 7.28. The molecule has 3 nitrogen and oxygen atoms in total. The first-order valence-corrected chi connectivity index (χ1v) is 3.28. The molecule has 0 fully saturated rings. The lowest BCUT2D eigenvalue weighted by Crippen LogP contribution is -2.20. The fourth-order valence-electron chi connectivity index (χ4n) is 0.625. The molecule has 3 heteroatoms. The van der Waals surface area contributed by atoms with Crippen molar-refractivity contribution in [1.29, 1.82) is 5.41 Å². The Morgan fingerprint density at radius 2 is 2.20 bits per heavy atom. The molecule has 0 aliphatic heterocycles. The quantitative estimate of drug-likeness (QED) is 0.477. The van der Waals surface area contributed by atoms with E-state index in [4.69, 9.17) is 5.41 Å². The highest BCUT2D eigenvalue weighted by atomic mass is 16.5. The summed E-state index contributed by atoms with van der Waals surface area (Å²) in [6.07, 6.45) is 0.607. The van der Waals surface area contributed by atoms with Gasteiger partial charge in [-0.2, -0.15) is 0 Å². The average molecular weight is 143 g/mol. The zero-order chi connectivity index (χ0) is 8.15. The van der Waals surface area contributed by atoms with Crippen molar-refractivity contribution < 1.29 is 9.53 Å². The second-order valence-electron chi connectivity index (χ2n) is 2.12. The Morgan fingerprint density at radius 3 is 2.50 bits per heavy atom. The van der Waals surface area contributed by atoms with E-state index < -0.39 is 0 Å². The Bertz CT molecular complexity index is 127. The van der Waals surface area contributed by atoms with Crippen LogP contribution in [0.3, 0.4) is 0 Å². The highest BCUT2D eigenvalue weighted by molar-refractivity contribution is 5.99. The van der Waals surface area contributed by atoms with E-state index in [9.17, 15) is 4.79 Å². The van der Waals surface area contributed by atoms with Crippen LogP contribution in [0, 0.1) is 11.3 Å². The molecule has 1 atom stereocenters. The molecule has 0 spiro atoms. The van der Waals surface area contributed by atoms with Gasteiger partial charge in [0.15, 0.2) is 0 Å². The summed E-state index contributed by atoms with van der Waals surface area (Å²) >= 11 is 0. The van der Waals surface area contributed by atoms with Crippen LogP contribution in [0.25, 0.3) is 0 Å². The number of methoxy groups -OCH3 is 1. The molecule has 1 N–H and O–H groups in total. The summed E-state index contributed by atoms with van der Waals surface area (Å²) in [7, 11) is 1.34. The Morgan fingerprint density at radius 1 is 1.70 bits per heavy atom. The van der Waals surface area contributed by atoms with Gasteiger partial charge in [0.25, 0.3) is 0 Å². The molecule has 0 rings (SSSR count). The summed E-state index contributed by atoms with van der Waals surface area (Å²) in [6.45, 7) is 3.53. The fraction of sp³-hybridized carbons (Fsp3) is 0.714. The summed E-state index contributed by atoms with van der Waals surface area (Å²) < 4.78 is 4.46. The summed E-state index contributed by atoms with van der Waals surface area (Å²) in [6, 6.07) is 0. The second-order valence-corrected chi connectivity index (χ2v) is 2.12. The lowest BCUT2D eigenvalue weighted by molar-refractivity contribution is -0.142. The number of ether oxygens (including phenoxy) is 1. The van der Waals surface area contributed by atoms with Gasteiger partial charge in [0.05, 0.1) is 13.0 Å². The number of esters is 1. The van der Waals surface area contributed by atoms with Gasteiger partial charge in [-0.25, -0.2) is 0 Å². The molecule has 0 saturated carbocycles. The SMILES string of the molecule is CCC(=N)C(C)C(=O)OC.